The van der Waals surface area contributed by atoms with Gasteiger partial charge in [0.05, 0.1) is 13.2 Å². The van der Waals surface area contributed by atoms with Crippen LogP contribution in [0.4, 0.5) is 10.5 Å². The molecule has 9 heteroatoms. The van der Waals surface area contributed by atoms with E-state index in [0.717, 1.165) is 48.9 Å². The van der Waals surface area contributed by atoms with E-state index in [1.165, 1.54) is 4.90 Å². The maximum Gasteiger partial charge on any atom is 0.328 e. The highest BCUT2D eigenvalue weighted by Gasteiger charge is 2.53. The molecule has 0 aliphatic carbocycles. The van der Waals surface area contributed by atoms with Crippen LogP contribution in [0.25, 0.3) is 0 Å². The minimum absolute atomic E-state index is 0.203. The third-order valence-electron chi connectivity index (χ3n) is 6.56. The van der Waals surface area contributed by atoms with Gasteiger partial charge in [0.25, 0.3) is 5.91 Å². The molecule has 0 aromatic heterocycles. The summed E-state index contributed by atoms with van der Waals surface area (Å²) in [6.07, 6.45) is 1.38. The van der Waals surface area contributed by atoms with Crippen LogP contribution in [0.3, 0.4) is 0 Å². The third kappa shape index (κ3) is 3.96. The molecule has 5 rings (SSSR count). The van der Waals surface area contributed by atoms with Gasteiger partial charge in [-0.05, 0) is 61.7 Å². The highest BCUT2D eigenvalue weighted by Crippen LogP contribution is 2.33. The van der Waals surface area contributed by atoms with E-state index in [1.807, 2.05) is 43.3 Å². The lowest BCUT2D eigenvalue weighted by molar-refractivity contribution is -0.138. The molecule has 0 saturated carbocycles. The molecule has 3 aliphatic heterocycles. The van der Waals surface area contributed by atoms with E-state index in [9.17, 15) is 9.59 Å². The van der Waals surface area contributed by atoms with E-state index in [1.54, 1.807) is 24.1 Å². The van der Waals surface area contributed by atoms with Crippen molar-refractivity contribution in [2.45, 2.75) is 38.5 Å². The molecule has 8 nitrogen and oxygen atoms in total. The van der Waals surface area contributed by atoms with E-state index in [4.69, 9.17) is 21.3 Å². The number of imide groups is 1. The van der Waals surface area contributed by atoms with Crippen molar-refractivity contribution in [2.75, 3.05) is 31.6 Å². The van der Waals surface area contributed by atoms with Gasteiger partial charge in [-0.3, -0.25) is 9.69 Å². The van der Waals surface area contributed by atoms with E-state index >= 15 is 0 Å². The lowest BCUT2D eigenvalue weighted by Gasteiger charge is -2.41. The number of carbonyl (C=O) groups excluding carboxylic acids is 2. The zero-order chi connectivity index (χ0) is 23.8. The maximum atomic E-state index is 13.7. The third-order valence-corrected chi connectivity index (χ3v) is 6.81. The molecule has 34 heavy (non-hydrogen) atoms. The second-order valence-corrected chi connectivity index (χ2v) is 9.15. The van der Waals surface area contributed by atoms with Gasteiger partial charge in [-0.2, -0.15) is 0 Å². The number of aliphatic imine (C=N–C) groups is 1. The molecule has 178 valence electrons. The minimum atomic E-state index is -0.542. The van der Waals surface area contributed by atoms with Crippen molar-refractivity contribution >= 4 is 35.2 Å². The molecular weight excluding hydrogens is 454 g/mol. The predicted molar refractivity (Wildman–Crippen MR) is 131 cm³/mol. The monoisotopic (exact) mass is 481 g/mol. The average Bonchev–Trinajstić information content (AvgIpc) is 3.10. The van der Waals surface area contributed by atoms with Gasteiger partial charge in [-0.15, -0.1) is 0 Å². The number of halogens is 1. The van der Waals surface area contributed by atoms with Crippen molar-refractivity contribution in [3.63, 3.8) is 0 Å². The predicted octanol–water partition coefficient (Wildman–Crippen LogP) is 3.80. The number of benzene rings is 2. The molecule has 0 spiro atoms. The Balaban J connectivity index is 1.44. The molecule has 2 aromatic carbocycles. The van der Waals surface area contributed by atoms with Gasteiger partial charge in [0.2, 0.25) is 5.96 Å². The molecule has 2 unspecified atom stereocenters. The van der Waals surface area contributed by atoms with Crippen LogP contribution in [0.15, 0.2) is 53.5 Å². The highest BCUT2D eigenvalue weighted by atomic mass is 35.5. The highest BCUT2D eigenvalue weighted by molar-refractivity contribution is 6.30. The number of carbonyl (C=O) groups is 2. The number of ether oxygens (including phenoxy) is 1. The van der Waals surface area contributed by atoms with Crippen molar-refractivity contribution in [1.82, 2.24) is 14.7 Å². The largest absolute Gasteiger partial charge is 0.494 e. The van der Waals surface area contributed by atoms with Gasteiger partial charge in [-0.1, -0.05) is 23.7 Å². The molecule has 2 aromatic rings. The smallest absolute Gasteiger partial charge is 0.328 e. The van der Waals surface area contributed by atoms with Crippen molar-refractivity contribution in [3.05, 3.63) is 59.1 Å². The second-order valence-electron chi connectivity index (χ2n) is 8.71. The Hall–Kier alpha value is -3.26. The summed E-state index contributed by atoms with van der Waals surface area (Å²) in [6, 6.07) is 14.3. The van der Waals surface area contributed by atoms with Crippen LogP contribution in [0, 0.1) is 0 Å². The zero-order valence-electron chi connectivity index (χ0n) is 19.4. The van der Waals surface area contributed by atoms with Crippen LogP contribution < -0.4 is 9.64 Å². The van der Waals surface area contributed by atoms with Gasteiger partial charge in [-0.25, -0.2) is 9.79 Å². The van der Waals surface area contributed by atoms with Gasteiger partial charge < -0.3 is 19.4 Å². The summed E-state index contributed by atoms with van der Waals surface area (Å²) in [5, 5.41) is 0.616. The van der Waals surface area contributed by atoms with Gasteiger partial charge in [0.1, 0.15) is 5.75 Å². The summed E-state index contributed by atoms with van der Waals surface area (Å²) in [7, 11) is 1.72. The minimum Gasteiger partial charge on any atom is -0.494 e. The van der Waals surface area contributed by atoms with Crippen molar-refractivity contribution in [1.29, 1.82) is 0 Å². The Morgan fingerprint density at radius 2 is 1.74 bits per heavy atom. The second kappa shape index (κ2) is 9.18. The van der Waals surface area contributed by atoms with Crippen LogP contribution in [0.2, 0.25) is 5.02 Å². The Kier molecular flexibility index (Phi) is 6.08. The lowest BCUT2D eigenvalue weighted by atomic mass is 10.1. The first-order valence-corrected chi connectivity index (χ1v) is 12.0. The molecule has 0 N–H and O–H groups in total. The quantitative estimate of drug-likeness (QED) is 0.649. The fourth-order valence-corrected chi connectivity index (χ4v) is 4.96. The number of anilines is 1. The van der Waals surface area contributed by atoms with E-state index in [2.05, 4.69) is 9.80 Å². The van der Waals surface area contributed by atoms with Crippen LogP contribution >= 0.6 is 11.6 Å². The summed E-state index contributed by atoms with van der Waals surface area (Å²) >= 11 is 6.00. The number of hydrogen-bond acceptors (Lipinski definition) is 6. The number of hydrogen-bond donors (Lipinski definition) is 0. The van der Waals surface area contributed by atoms with Gasteiger partial charge in [0.15, 0.2) is 12.2 Å². The molecule has 3 amide bonds. The molecule has 2 saturated heterocycles. The summed E-state index contributed by atoms with van der Waals surface area (Å²) in [6.45, 7) is 4.29. The first-order chi connectivity index (χ1) is 16.5. The SMILES string of the molecule is CCOc1ccc(N2CCCCN3C2=NC2C3C(=O)N(Cc3ccc(Cl)cc3)C(=O)N2C)cc1. The number of nitrogens with zero attached hydrogens (tertiary/aromatic N) is 5. The van der Waals surface area contributed by atoms with Crippen LogP contribution in [-0.4, -0.2) is 71.5 Å². The van der Waals surface area contributed by atoms with Crippen LogP contribution in [0.1, 0.15) is 25.3 Å². The van der Waals surface area contributed by atoms with E-state index in [0.29, 0.717) is 11.6 Å². The molecular formula is C25H28ClN5O3. The Labute approximate surface area is 204 Å². The number of likely N-dealkylation sites (N-methyl/N-ethyl adjacent to an activating group) is 1. The van der Waals surface area contributed by atoms with Crippen LogP contribution in [-0.2, 0) is 11.3 Å². The number of guanidine groups is 1. The molecule has 0 radical (unpaired) electrons. The van der Waals surface area contributed by atoms with Gasteiger partial charge in [0, 0.05) is 30.8 Å². The molecule has 2 fully saturated rings. The number of rotatable bonds is 5. The standard InChI is InChI=1S/C25H28ClN5O3/c1-3-34-20-12-10-19(11-13-20)29-14-4-5-15-30-21-22(27-24(29)30)28(2)25(33)31(23(21)32)16-17-6-8-18(26)9-7-17/h6-13,21-22H,3-5,14-16H2,1-2H3. The number of fused-ring (bicyclic) bond motifs is 3. The Bertz CT molecular complexity index is 1100. The summed E-state index contributed by atoms with van der Waals surface area (Å²) in [5.41, 5.74) is 1.84. The molecule has 2 atom stereocenters. The molecule has 0 bridgehead atoms. The van der Waals surface area contributed by atoms with E-state index in [-0.39, 0.29) is 18.5 Å². The maximum absolute atomic E-state index is 13.7. The zero-order valence-corrected chi connectivity index (χ0v) is 20.1. The summed E-state index contributed by atoms with van der Waals surface area (Å²) in [5.74, 6) is 1.35. The fourth-order valence-electron chi connectivity index (χ4n) is 4.83. The fraction of sp³-hybridized carbons (Fsp3) is 0.400. The Morgan fingerprint density at radius 3 is 2.44 bits per heavy atom. The number of amides is 3. The topological polar surface area (TPSA) is 68.7 Å². The normalized spacial score (nSPS) is 22.4. The average molecular weight is 482 g/mol. The van der Waals surface area contributed by atoms with Crippen LogP contribution in [0.5, 0.6) is 5.75 Å². The summed E-state index contributed by atoms with van der Waals surface area (Å²) in [4.78, 5) is 38.9. The number of urea groups is 1. The van der Waals surface area contributed by atoms with Crippen molar-refractivity contribution < 1.29 is 14.3 Å². The van der Waals surface area contributed by atoms with Crippen molar-refractivity contribution in [2.24, 2.45) is 4.99 Å². The Morgan fingerprint density at radius 1 is 1.03 bits per heavy atom. The van der Waals surface area contributed by atoms with E-state index < -0.39 is 12.2 Å². The lowest BCUT2D eigenvalue weighted by Crippen LogP contribution is -2.65. The van der Waals surface area contributed by atoms with Gasteiger partial charge >= 0.3 is 6.03 Å². The summed E-state index contributed by atoms with van der Waals surface area (Å²) < 4.78 is 5.58. The molecule has 3 aliphatic rings. The first kappa shape index (κ1) is 22.5. The molecule has 3 heterocycles. The van der Waals surface area contributed by atoms with Crippen molar-refractivity contribution in [3.8, 4) is 5.75 Å². The first-order valence-electron chi connectivity index (χ1n) is 11.7.